The zero-order valence-corrected chi connectivity index (χ0v) is 14.5. The summed E-state index contributed by atoms with van der Waals surface area (Å²) in [6.45, 7) is 3.21. The molecule has 1 unspecified atom stereocenters. The Morgan fingerprint density at radius 3 is 2.35 bits per heavy atom. The molecule has 0 saturated heterocycles. The lowest BCUT2D eigenvalue weighted by Gasteiger charge is -2.21. The largest absolute Gasteiger partial charge is 0.493 e. The number of para-hydroxylation sites is 1. The average molecular weight is 329 g/mol. The van der Waals surface area contributed by atoms with E-state index in [1.807, 2.05) is 74.6 Å². The van der Waals surface area contributed by atoms with Gasteiger partial charge in [0.15, 0.2) is 0 Å². The Balaban J connectivity index is 1.70. The zero-order valence-electron chi connectivity index (χ0n) is 13.6. The van der Waals surface area contributed by atoms with Gasteiger partial charge in [-0.2, -0.15) is 0 Å². The van der Waals surface area contributed by atoms with Crippen molar-refractivity contribution in [2.75, 3.05) is 19.4 Å². The van der Waals surface area contributed by atoms with E-state index in [4.69, 9.17) is 4.74 Å². The summed E-state index contributed by atoms with van der Waals surface area (Å²) in [5, 5.41) is -0.0666. The second-order valence-corrected chi connectivity index (χ2v) is 6.80. The van der Waals surface area contributed by atoms with Crippen LogP contribution in [0.1, 0.15) is 12.5 Å². The molecule has 0 aliphatic carbocycles. The van der Waals surface area contributed by atoms with E-state index < -0.39 is 0 Å². The fraction of sp³-hybridized carbons (Fsp3) is 0.316. The predicted molar refractivity (Wildman–Crippen MR) is 96.8 cm³/mol. The van der Waals surface area contributed by atoms with E-state index in [0.717, 1.165) is 17.1 Å². The molecular formula is C19H23NO2S. The van der Waals surface area contributed by atoms with Gasteiger partial charge in [0, 0.05) is 19.3 Å². The lowest BCUT2D eigenvalue weighted by atomic mass is 10.2. The lowest BCUT2D eigenvalue weighted by molar-refractivity contribution is -0.129. The third kappa shape index (κ3) is 5.99. The number of ether oxygens (including phenoxy) is 1. The van der Waals surface area contributed by atoms with Gasteiger partial charge in [0.25, 0.3) is 0 Å². The minimum atomic E-state index is -0.0666. The van der Waals surface area contributed by atoms with Crippen molar-refractivity contribution in [1.29, 1.82) is 0 Å². The molecule has 4 heteroatoms. The number of thioether (sulfide) groups is 1. The second kappa shape index (κ2) is 9.26. The van der Waals surface area contributed by atoms with Crippen LogP contribution in [-0.4, -0.2) is 35.5 Å². The molecular weight excluding hydrogens is 306 g/mol. The maximum Gasteiger partial charge on any atom is 0.235 e. The fourth-order valence-corrected chi connectivity index (χ4v) is 3.07. The Labute approximate surface area is 142 Å². The highest BCUT2D eigenvalue weighted by molar-refractivity contribution is 8.00. The van der Waals surface area contributed by atoms with Crippen LogP contribution in [0.5, 0.6) is 5.75 Å². The Morgan fingerprint density at radius 1 is 1.09 bits per heavy atom. The number of carbonyl (C=O) groups is 1. The van der Waals surface area contributed by atoms with Gasteiger partial charge in [-0.1, -0.05) is 48.5 Å². The summed E-state index contributed by atoms with van der Waals surface area (Å²) in [6, 6.07) is 19.8. The number of hydrogen-bond acceptors (Lipinski definition) is 3. The Bertz CT molecular complexity index is 589. The molecule has 2 rings (SSSR count). The van der Waals surface area contributed by atoms with Gasteiger partial charge in [0.2, 0.25) is 5.91 Å². The number of amides is 1. The first-order valence-electron chi connectivity index (χ1n) is 7.75. The Morgan fingerprint density at radius 2 is 1.70 bits per heavy atom. The van der Waals surface area contributed by atoms with Gasteiger partial charge in [0.1, 0.15) is 5.75 Å². The van der Waals surface area contributed by atoms with E-state index in [1.54, 1.807) is 16.7 Å². The topological polar surface area (TPSA) is 29.5 Å². The molecule has 2 aromatic carbocycles. The van der Waals surface area contributed by atoms with Crippen LogP contribution in [0, 0.1) is 0 Å². The van der Waals surface area contributed by atoms with E-state index in [2.05, 4.69) is 0 Å². The number of hydrogen-bond donors (Lipinski definition) is 0. The number of carbonyl (C=O) groups excluding carboxylic acids is 1. The Hall–Kier alpha value is -1.94. The van der Waals surface area contributed by atoms with Crippen LogP contribution in [0.3, 0.4) is 0 Å². The minimum Gasteiger partial charge on any atom is -0.493 e. The predicted octanol–water partition coefficient (Wildman–Crippen LogP) is 3.85. The van der Waals surface area contributed by atoms with Crippen LogP contribution in [0.2, 0.25) is 0 Å². The molecule has 0 spiro atoms. The number of rotatable bonds is 8. The van der Waals surface area contributed by atoms with Crippen molar-refractivity contribution >= 4 is 17.7 Å². The molecule has 23 heavy (non-hydrogen) atoms. The van der Waals surface area contributed by atoms with Gasteiger partial charge in [-0.25, -0.2) is 0 Å². The van der Waals surface area contributed by atoms with Gasteiger partial charge in [-0.3, -0.25) is 4.79 Å². The van der Waals surface area contributed by atoms with Crippen molar-refractivity contribution in [3.63, 3.8) is 0 Å². The molecule has 2 aromatic rings. The summed E-state index contributed by atoms with van der Waals surface area (Å²) in [5.41, 5.74) is 1.15. The molecule has 0 aliphatic rings. The van der Waals surface area contributed by atoms with E-state index in [1.165, 1.54) is 0 Å². The van der Waals surface area contributed by atoms with Crippen LogP contribution < -0.4 is 4.74 Å². The number of nitrogens with zero attached hydrogens (tertiary/aromatic N) is 1. The zero-order chi connectivity index (χ0) is 16.5. The van der Waals surface area contributed by atoms with Gasteiger partial charge >= 0.3 is 0 Å². The maximum atomic E-state index is 12.4. The maximum absolute atomic E-state index is 12.4. The molecule has 0 bridgehead atoms. The van der Waals surface area contributed by atoms with Crippen molar-refractivity contribution in [2.45, 2.75) is 18.7 Å². The highest BCUT2D eigenvalue weighted by Crippen LogP contribution is 2.15. The molecule has 0 aromatic heterocycles. The quantitative estimate of drug-likeness (QED) is 0.689. The van der Waals surface area contributed by atoms with Gasteiger partial charge in [-0.15, -0.1) is 11.8 Å². The standard InChI is InChI=1S/C19H23NO2S/c1-16(23-14-13-22-18-11-7-4-8-12-18)19(21)20(2)15-17-9-5-3-6-10-17/h3-12,16H,13-15H2,1-2H3. The lowest BCUT2D eigenvalue weighted by Crippen LogP contribution is -2.33. The molecule has 0 aliphatic heterocycles. The van der Waals surface area contributed by atoms with Crippen LogP contribution in [0.4, 0.5) is 0 Å². The van der Waals surface area contributed by atoms with Crippen LogP contribution in [0.15, 0.2) is 60.7 Å². The van der Waals surface area contributed by atoms with Crippen LogP contribution in [0.25, 0.3) is 0 Å². The smallest absolute Gasteiger partial charge is 0.235 e. The molecule has 0 heterocycles. The van der Waals surface area contributed by atoms with Crippen LogP contribution >= 0.6 is 11.8 Å². The number of benzene rings is 2. The molecule has 0 saturated carbocycles. The first-order valence-corrected chi connectivity index (χ1v) is 8.80. The Kier molecular flexibility index (Phi) is 7.01. The van der Waals surface area contributed by atoms with Gasteiger partial charge < -0.3 is 9.64 Å². The summed E-state index contributed by atoms with van der Waals surface area (Å²) in [5.74, 6) is 1.81. The average Bonchev–Trinajstić information content (AvgIpc) is 2.59. The van der Waals surface area contributed by atoms with Crippen molar-refractivity contribution in [2.24, 2.45) is 0 Å². The molecule has 1 atom stereocenters. The summed E-state index contributed by atoms with van der Waals surface area (Å²) in [6.07, 6.45) is 0. The summed E-state index contributed by atoms with van der Waals surface area (Å²) < 4.78 is 5.65. The summed E-state index contributed by atoms with van der Waals surface area (Å²) in [7, 11) is 1.85. The SMILES string of the molecule is CC(SCCOc1ccccc1)C(=O)N(C)Cc1ccccc1. The van der Waals surface area contributed by atoms with E-state index in [0.29, 0.717) is 13.2 Å². The molecule has 3 nitrogen and oxygen atoms in total. The molecule has 122 valence electrons. The molecule has 0 fully saturated rings. The normalized spacial score (nSPS) is 11.7. The third-order valence-corrected chi connectivity index (χ3v) is 4.55. The highest BCUT2D eigenvalue weighted by atomic mass is 32.2. The van der Waals surface area contributed by atoms with Crippen molar-refractivity contribution in [1.82, 2.24) is 4.90 Å². The monoisotopic (exact) mass is 329 g/mol. The molecule has 0 radical (unpaired) electrons. The van der Waals surface area contributed by atoms with E-state index >= 15 is 0 Å². The van der Waals surface area contributed by atoms with Crippen molar-refractivity contribution < 1.29 is 9.53 Å². The van der Waals surface area contributed by atoms with Gasteiger partial charge in [-0.05, 0) is 24.6 Å². The summed E-state index contributed by atoms with van der Waals surface area (Å²) >= 11 is 1.63. The third-order valence-electron chi connectivity index (χ3n) is 3.45. The molecule has 0 N–H and O–H groups in total. The second-order valence-electron chi connectivity index (χ2n) is 5.35. The van der Waals surface area contributed by atoms with Gasteiger partial charge in [0.05, 0.1) is 11.9 Å². The fourth-order valence-electron chi connectivity index (χ4n) is 2.22. The highest BCUT2D eigenvalue weighted by Gasteiger charge is 2.17. The van der Waals surface area contributed by atoms with Crippen molar-refractivity contribution in [3.8, 4) is 5.75 Å². The van der Waals surface area contributed by atoms with Crippen molar-refractivity contribution in [3.05, 3.63) is 66.2 Å². The summed E-state index contributed by atoms with van der Waals surface area (Å²) in [4.78, 5) is 14.2. The first-order chi connectivity index (χ1) is 11.2. The minimum absolute atomic E-state index is 0.0666. The van der Waals surface area contributed by atoms with E-state index in [9.17, 15) is 4.79 Å². The molecule has 1 amide bonds. The van der Waals surface area contributed by atoms with E-state index in [-0.39, 0.29) is 11.2 Å². The van der Waals surface area contributed by atoms with Crippen LogP contribution in [-0.2, 0) is 11.3 Å². The first kappa shape index (κ1) is 17.4.